The van der Waals surface area contributed by atoms with E-state index in [1.54, 1.807) is 24.3 Å². The Morgan fingerprint density at radius 3 is 2.48 bits per heavy atom. The van der Waals surface area contributed by atoms with Gasteiger partial charge in [0, 0.05) is 13.0 Å². The van der Waals surface area contributed by atoms with E-state index in [-0.39, 0.29) is 5.78 Å². The summed E-state index contributed by atoms with van der Waals surface area (Å²) in [6, 6.07) is 8.81. The summed E-state index contributed by atoms with van der Waals surface area (Å²) in [6.45, 7) is 4.90. The first-order valence-electron chi connectivity index (χ1n) is 8.02. The van der Waals surface area contributed by atoms with Gasteiger partial charge in [-0.15, -0.1) is 0 Å². The molecule has 1 saturated heterocycles. The Morgan fingerprint density at radius 1 is 1.29 bits per heavy atom. The van der Waals surface area contributed by atoms with E-state index in [0.29, 0.717) is 17.4 Å². The Bertz CT molecular complexity index is 503. The average Bonchev–Trinajstić information content (AvgIpc) is 3.22. The fourth-order valence-electron chi connectivity index (χ4n) is 3.20. The van der Waals surface area contributed by atoms with Crippen molar-refractivity contribution in [2.45, 2.75) is 44.7 Å². The maximum absolute atomic E-state index is 14.8. The molecule has 1 aromatic rings. The second kappa shape index (κ2) is 5.53. The number of rotatable bonds is 7. The van der Waals surface area contributed by atoms with Crippen LogP contribution in [0, 0.1) is 5.41 Å². The van der Waals surface area contributed by atoms with Gasteiger partial charge in [-0.2, -0.15) is 0 Å². The molecule has 0 aromatic heterocycles. The maximum atomic E-state index is 14.8. The fourth-order valence-corrected chi connectivity index (χ4v) is 3.20. The first-order chi connectivity index (χ1) is 10.0. The Kier molecular flexibility index (Phi) is 3.87. The maximum Gasteiger partial charge on any atom is 0.190 e. The van der Waals surface area contributed by atoms with E-state index in [4.69, 9.17) is 0 Å². The van der Waals surface area contributed by atoms with Crippen molar-refractivity contribution in [3.8, 4) is 0 Å². The molecule has 2 nitrogen and oxygen atoms in total. The molecule has 3 rings (SSSR count). The van der Waals surface area contributed by atoms with E-state index in [0.717, 1.165) is 13.0 Å². The number of Topliss-reactive ketones (excluding diaryl/α,β-unsaturated/α-hetero) is 1. The number of likely N-dealkylation sites (tertiary alicyclic amines) is 1. The second-order valence-electron chi connectivity index (χ2n) is 6.92. The third kappa shape index (κ3) is 3.18. The predicted molar refractivity (Wildman–Crippen MR) is 81.9 cm³/mol. The van der Waals surface area contributed by atoms with Crippen molar-refractivity contribution in [1.29, 1.82) is 0 Å². The van der Waals surface area contributed by atoms with Crippen LogP contribution in [0.15, 0.2) is 30.3 Å². The van der Waals surface area contributed by atoms with Gasteiger partial charge in [-0.25, -0.2) is 4.39 Å². The van der Waals surface area contributed by atoms with E-state index in [1.807, 2.05) is 6.07 Å². The van der Waals surface area contributed by atoms with Crippen LogP contribution in [0.4, 0.5) is 4.39 Å². The van der Waals surface area contributed by atoms with Gasteiger partial charge in [0.2, 0.25) is 0 Å². The largest absolute Gasteiger partial charge is 0.303 e. The van der Waals surface area contributed by atoms with Crippen LogP contribution in [0.25, 0.3) is 0 Å². The van der Waals surface area contributed by atoms with E-state index in [2.05, 4.69) is 4.90 Å². The Hall–Kier alpha value is -1.22. The van der Waals surface area contributed by atoms with Gasteiger partial charge in [-0.1, -0.05) is 30.3 Å². The van der Waals surface area contributed by atoms with Gasteiger partial charge in [-0.05, 0) is 56.7 Å². The van der Waals surface area contributed by atoms with Gasteiger partial charge in [0.1, 0.15) is 0 Å². The molecule has 1 heterocycles. The minimum absolute atomic E-state index is 0.274. The lowest BCUT2D eigenvalue weighted by molar-refractivity contribution is -0.130. The predicted octanol–water partition coefficient (Wildman–Crippen LogP) is 3.71. The van der Waals surface area contributed by atoms with Crippen molar-refractivity contribution in [2.75, 3.05) is 19.6 Å². The van der Waals surface area contributed by atoms with Crippen LogP contribution in [0.2, 0.25) is 0 Å². The minimum atomic E-state index is -1.85. The zero-order valence-corrected chi connectivity index (χ0v) is 12.8. The number of benzene rings is 1. The van der Waals surface area contributed by atoms with Crippen molar-refractivity contribution >= 4 is 5.78 Å². The second-order valence-corrected chi connectivity index (χ2v) is 6.92. The van der Waals surface area contributed by atoms with E-state index in [1.165, 1.54) is 39.3 Å². The van der Waals surface area contributed by atoms with Gasteiger partial charge >= 0.3 is 0 Å². The molecule has 1 aliphatic heterocycles. The number of ketones is 1. The monoisotopic (exact) mass is 289 g/mol. The topological polar surface area (TPSA) is 20.3 Å². The number of carbonyl (C=O) groups excluding carboxylic acids is 1. The third-order valence-electron chi connectivity index (χ3n) is 5.19. The standard InChI is InChI=1S/C18H24FNO/c1-17(19,15-6-3-2-4-7-15)16(21)8-9-18(10-11-18)14-20-12-5-13-20/h2-4,6-7H,5,8-14H2,1H3/t17-/m1/s1. The molecule has 2 fully saturated rings. The minimum Gasteiger partial charge on any atom is -0.303 e. The molecule has 114 valence electrons. The lowest BCUT2D eigenvalue weighted by Crippen LogP contribution is -2.41. The van der Waals surface area contributed by atoms with Crippen molar-refractivity contribution in [2.24, 2.45) is 5.41 Å². The molecule has 0 unspecified atom stereocenters. The van der Waals surface area contributed by atoms with E-state index < -0.39 is 5.67 Å². The number of hydrogen-bond donors (Lipinski definition) is 0. The van der Waals surface area contributed by atoms with Gasteiger partial charge in [0.05, 0.1) is 0 Å². The summed E-state index contributed by atoms with van der Waals surface area (Å²) < 4.78 is 14.8. The molecule has 0 bridgehead atoms. The highest BCUT2D eigenvalue weighted by Crippen LogP contribution is 2.51. The van der Waals surface area contributed by atoms with E-state index >= 15 is 0 Å². The summed E-state index contributed by atoms with van der Waals surface area (Å²) in [5.41, 5.74) is -1.07. The zero-order valence-electron chi connectivity index (χ0n) is 12.8. The SMILES string of the molecule is C[C@](F)(C(=O)CCC1(CN2CCC2)CC1)c1ccccc1. The van der Waals surface area contributed by atoms with Crippen LogP contribution >= 0.6 is 0 Å². The Morgan fingerprint density at radius 2 is 1.95 bits per heavy atom. The van der Waals surface area contributed by atoms with Crippen molar-refractivity contribution in [1.82, 2.24) is 4.90 Å². The summed E-state index contributed by atoms with van der Waals surface area (Å²) in [7, 11) is 0. The van der Waals surface area contributed by atoms with E-state index in [9.17, 15) is 9.18 Å². The van der Waals surface area contributed by atoms with Crippen LogP contribution in [-0.4, -0.2) is 30.3 Å². The van der Waals surface area contributed by atoms with Crippen LogP contribution < -0.4 is 0 Å². The number of alkyl halides is 1. The van der Waals surface area contributed by atoms with Gasteiger partial charge < -0.3 is 4.90 Å². The normalized spacial score (nSPS) is 23.1. The summed E-state index contributed by atoms with van der Waals surface area (Å²) in [6.07, 6.45) is 4.90. The highest BCUT2D eigenvalue weighted by atomic mass is 19.1. The highest BCUT2D eigenvalue weighted by molar-refractivity contribution is 5.88. The molecule has 1 aromatic carbocycles. The molecular formula is C18H24FNO. The number of halogens is 1. The van der Waals surface area contributed by atoms with Crippen LogP contribution in [0.5, 0.6) is 0 Å². The molecule has 1 atom stereocenters. The smallest absolute Gasteiger partial charge is 0.190 e. The van der Waals surface area contributed by atoms with Gasteiger partial charge in [-0.3, -0.25) is 4.79 Å². The molecule has 0 amide bonds. The van der Waals surface area contributed by atoms with Gasteiger partial charge in [0.25, 0.3) is 0 Å². The van der Waals surface area contributed by atoms with Crippen molar-refractivity contribution in [3.05, 3.63) is 35.9 Å². The van der Waals surface area contributed by atoms with Crippen molar-refractivity contribution < 1.29 is 9.18 Å². The summed E-state index contributed by atoms with van der Waals surface area (Å²) in [5, 5.41) is 0. The number of nitrogens with zero attached hydrogens (tertiary/aromatic N) is 1. The molecule has 0 spiro atoms. The average molecular weight is 289 g/mol. The van der Waals surface area contributed by atoms with Crippen LogP contribution in [-0.2, 0) is 10.5 Å². The summed E-state index contributed by atoms with van der Waals surface area (Å²) >= 11 is 0. The molecule has 0 N–H and O–H groups in total. The Labute approximate surface area is 126 Å². The van der Waals surface area contributed by atoms with Crippen LogP contribution in [0.3, 0.4) is 0 Å². The molecule has 3 heteroatoms. The quantitative estimate of drug-likeness (QED) is 0.762. The van der Waals surface area contributed by atoms with Gasteiger partial charge in [0.15, 0.2) is 11.5 Å². The molecule has 0 radical (unpaired) electrons. The summed E-state index contributed by atoms with van der Waals surface area (Å²) in [4.78, 5) is 14.8. The lowest BCUT2D eigenvalue weighted by Gasteiger charge is -2.34. The summed E-state index contributed by atoms with van der Waals surface area (Å²) in [5.74, 6) is -0.274. The zero-order chi connectivity index (χ0) is 14.9. The first-order valence-corrected chi connectivity index (χ1v) is 8.02. The first kappa shape index (κ1) is 14.7. The van der Waals surface area contributed by atoms with Crippen molar-refractivity contribution in [3.63, 3.8) is 0 Å². The molecular weight excluding hydrogens is 265 g/mol. The molecule has 21 heavy (non-hydrogen) atoms. The highest BCUT2D eigenvalue weighted by Gasteiger charge is 2.45. The van der Waals surface area contributed by atoms with Crippen LogP contribution in [0.1, 0.15) is 44.6 Å². The Balaban J connectivity index is 1.56. The molecule has 2 aliphatic rings. The molecule has 1 saturated carbocycles. The fraction of sp³-hybridized carbons (Fsp3) is 0.611. The molecule has 1 aliphatic carbocycles. The number of hydrogen-bond acceptors (Lipinski definition) is 2. The lowest BCUT2D eigenvalue weighted by atomic mass is 9.87. The third-order valence-corrected chi connectivity index (χ3v) is 5.19. The number of carbonyl (C=O) groups is 1.